The summed E-state index contributed by atoms with van der Waals surface area (Å²) in [6.07, 6.45) is 1.84. The van der Waals surface area contributed by atoms with Crippen LogP contribution in [0.2, 0.25) is 0 Å². The summed E-state index contributed by atoms with van der Waals surface area (Å²) in [6, 6.07) is 8.21. The lowest BCUT2D eigenvalue weighted by atomic mass is 10.1. The number of rotatable bonds is 2. The lowest BCUT2D eigenvalue weighted by Gasteiger charge is -2.14. The van der Waals surface area contributed by atoms with Crippen molar-refractivity contribution in [1.29, 1.82) is 0 Å². The Hall–Kier alpha value is -0.0800. The molecule has 0 saturated heterocycles. The second kappa shape index (κ2) is 3.75. The van der Waals surface area contributed by atoms with Crippen molar-refractivity contribution >= 4 is 37.9 Å². The number of hydrogen-bond donors (Lipinski definition) is 0. The van der Waals surface area contributed by atoms with Crippen LogP contribution in [0.5, 0.6) is 0 Å². The van der Waals surface area contributed by atoms with Gasteiger partial charge in [0.2, 0.25) is 0 Å². The zero-order chi connectivity index (χ0) is 9.19. The van der Waals surface area contributed by atoms with Crippen molar-refractivity contribution in [2.75, 3.05) is 0 Å². The van der Waals surface area contributed by atoms with Gasteiger partial charge in [-0.25, -0.2) is 0 Å². The highest BCUT2D eigenvalue weighted by atomic mass is 79.9. The maximum atomic E-state index is 3.72. The molecule has 1 aromatic carbocycles. The Morgan fingerprint density at radius 2 is 2.08 bits per heavy atom. The number of hydrogen-bond acceptors (Lipinski definition) is 0. The van der Waals surface area contributed by atoms with Crippen molar-refractivity contribution in [1.82, 2.24) is 0 Å². The van der Waals surface area contributed by atoms with Gasteiger partial charge in [-0.2, -0.15) is 0 Å². The monoisotopic (exact) mass is 288 g/mol. The van der Waals surface area contributed by atoms with E-state index in [9.17, 15) is 0 Å². The van der Waals surface area contributed by atoms with Gasteiger partial charge in [0.1, 0.15) is 3.23 Å². The fourth-order valence-electron chi connectivity index (χ4n) is 0.939. The highest BCUT2D eigenvalue weighted by Gasteiger charge is 2.17. The van der Waals surface area contributed by atoms with Gasteiger partial charge >= 0.3 is 0 Å². The van der Waals surface area contributed by atoms with Crippen LogP contribution in [0.4, 0.5) is 0 Å². The molecule has 0 atom stereocenters. The maximum Gasteiger partial charge on any atom is 0.102 e. The van der Waals surface area contributed by atoms with Gasteiger partial charge in [0, 0.05) is 0 Å². The van der Waals surface area contributed by atoms with Crippen LogP contribution in [0, 0.1) is 0 Å². The van der Waals surface area contributed by atoms with Crippen LogP contribution in [0.1, 0.15) is 18.1 Å². The topological polar surface area (TPSA) is 0 Å². The summed E-state index contributed by atoms with van der Waals surface area (Å²) in [5, 5.41) is 0. The fourth-order valence-corrected chi connectivity index (χ4v) is 1.43. The molecule has 0 bridgehead atoms. The van der Waals surface area contributed by atoms with Crippen molar-refractivity contribution in [3.63, 3.8) is 0 Å². The number of benzene rings is 1. The van der Waals surface area contributed by atoms with E-state index in [-0.39, 0.29) is 3.23 Å². The molecule has 0 radical (unpaired) electrons. The molecule has 0 saturated carbocycles. The smallest absolute Gasteiger partial charge is 0.0985 e. The van der Waals surface area contributed by atoms with Crippen LogP contribution >= 0.6 is 31.9 Å². The first kappa shape index (κ1) is 10.0. The summed E-state index contributed by atoms with van der Waals surface area (Å²) in [5.74, 6) is 0. The molecule has 0 amide bonds. The Kier molecular flexibility index (Phi) is 3.13. The van der Waals surface area contributed by atoms with Gasteiger partial charge in [0.25, 0.3) is 0 Å². The van der Waals surface area contributed by atoms with Crippen LogP contribution in [0.25, 0.3) is 6.08 Å². The normalized spacial score (nSPS) is 11.2. The predicted octanol–water partition coefficient (Wildman–Crippen LogP) is 4.29. The molecule has 1 rings (SSSR count). The summed E-state index contributed by atoms with van der Waals surface area (Å²) in [6.45, 7) is 5.77. The van der Waals surface area contributed by atoms with Gasteiger partial charge in [0.05, 0.1) is 0 Å². The van der Waals surface area contributed by atoms with Gasteiger partial charge in [-0.15, -0.1) is 0 Å². The van der Waals surface area contributed by atoms with E-state index >= 15 is 0 Å². The summed E-state index contributed by atoms with van der Waals surface area (Å²) in [7, 11) is 0. The molecular weight excluding hydrogens is 280 g/mol. The van der Waals surface area contributed by atoms with E-state index in [2.05, 4.69) is 57.5 Å². The van der Waals surface area contributed by atoms with E-state index in [1.807, 2.05) is 18.2 Å². The molecule has 0 aliphatic carbocycles. The van der Waals surface area contributed by atoms with E-state index in [1.165, 1.54) is 5.56 Å². The molecule has 0 spiro atoms. The minimum absolute atomic E-state index is 0.140. The van der Waals surface area contributed by atoms with Gasteiger partial charge in [-0.3, -0.25) is 0 Å². The van der Waals surface area contributed by atoms with E-state index in [4.69, 9.17) is 0 Å². The lowest BCUT2D eigenvalue weighted by molar-refractivity contribution is 1.06. The predicted molar refractivity (Wildman–Crippen MR) is 61.7 cm³/mol. The molecule has 1 aromatic rings. The molecule has 0 unspecified atom stereocenters. The van der Waals surface area contributed by atoms with E-state index in [0.29, 0.717) is 0 Å². The van der Waals surface area contributed by atoms with Crippen molar-refractivity contribution < 1.29 is 0 Å². The SMILES string of the molecule is C=Cc1cccc(C(C)(Br)Br)c1. The summed E-state index contributed by atoms with van der Waals surface area (Å²) < 4.78 is -0.140. The third kappa shape index (κ3) is 2.46. The number of alkyl halides is 2. The Bertz CT molecular complexity index is 284. The average molecular weight is 290 g/mol. The molecule has 0 aliphatic rings. The Labute approximate surface area is 89.9 Å². The van der Waals surface area contributed by atoms with Crippen LogP contribution in [0.3, 0.4) is 0 Å². The van der Waals surface area contributed by atoms with E-state index < -0.39 is 0 Å². The minimum atomic E-state index is -0.140. The van der Waals surface area contributed by atoms with Gasteiger partial charge in [-0.1, -0.05) is 62.7 Å². The molecule has 0 fully saturated rings. The molecular formula is C10H10Br2. The molecule has 64 valence electrons. The van der Waals surface area contributed by atoms with Gasteiger partial charge < -0.3 is 0 Å². The standard InChI is InChI=1S/C10H10Br2/c1-3-8-5-4-6-9(7-8)10(2,11)12/h3-7H,1H2,2H3. The quantitative estimate of drug-likeness (QED) is 0.713. The van der Waals surface area contributed by atoms with Crippen LogP contribution in [-0.2, 0) is 3.23 Å². The summed E-state index contributed by atoms with van der Waals surface area (Å²) in [4.78, 5) is 0. The van der Waals surface area contributed by atoms with Gasteiger partial charge in [0.15, 0.2) is 0 Å². The van der Waals surface area contributed by atoms with Gasteiger partial charge in [-0.05, 0) is 24.1 Å². The first-order chi connectivity index (χ1) is 5.54. The largest absolute Gasteiger partial charge is 0.102 e. The van der Waals surface area contributed by atoms with E-state index in [1.54, 1.807) is 0 Å². The van der Waals surface area contributed by atoms with Crippen molar-refractivity contribution in [3.05, 3.63) is 42.0 Å². The zero-order valence-corrected chi connectivity index (χ0v) is 10.0. The second-order valence-corrected chi connectivity index (χ2v) is 6.95. The molecule has 0 aliphatic heterocycles. The second-order valence-electron chi connectivity index (χ2n) is 2.72. The Morgan fingerprint density at radius 3 is 2.58 bits per heavy atom. The molecule has 0 nitrogen and oxygen atoms in total. The fraction of sp³-hybridized carbons (Fsp3) is 0.200. The summed E-state index contributed by atoms with van der Waals surface area (Å²) >= 11 is 7.06. The van der Waals surface area contributed by atoms with Crippen molar-refractivity contribution in [2.45, 2.75) is 10.2 Å². The molecule has 0 heterocycles. The molecule has 12 heavy (non-hydrogen) atoms. The highest BCUT2D eigenvalue weighted by Crippen LogP contribution is 2.37. The third-order valence-corrected chi connectivity index (χ3v) is 2.54. The van der Waals surface area contributed by atoms with Crippen molar-refractivity contribution in [2.24, 2.45) is 0 Å². The van der Waals surface area contributed by atoms with Crippen LogP contribution in [-0.4, -0.2) is 0 Å². The average Bonchev–Trinajstić information content (AvgIpc) is 2.03. The molecule has 2 heteroatoms. The summed E-state index contributed by atoms with van der Waals surface area (Å²) in [5.41, 5.74) is 2.33. The zero-order valence-electron chi connectivity index (χ0n) is 6.85. The first-order valence-electron chi connectivity index (χ1n) is 3.65. The number of halogens is 2. The third-order valence-electron chi connectivity index (χ3n) is 1.63. The maximum absolute atomic E-state index is 3.72. The minimum Gasteiger partial charge on any atom is -0.0985 e. The molecule has 0 aromatic heterocycles. The Balaban J connectivity index is 3.10. The van der Waals surface area contributed by atoms with Crippen molar-refractivity contribution in [3.8, 4) is 0 Å². The van der Waals surface area contributed by atoms with Crippen LogP contribution in [0.15, 0.2) is 30.8 Å². The molecule has 0 N–H and O–H groups in total. The Morgan fingerprint density at radius 1 is 1.42 bits per heavy atom. The lowest BCUT2D eigenvalue weighted by Crippen LogP contribution is -2.01. The van der Waals surface area contributed by atoms with Crippen LogP contribution < -0.4 is 0 Å². The first-order valence-corrected chi connectivity index (χ1v) is 5.23. The highest BCUT2D eigenvalue weighted by molar-refractivity contribution is 9.24. The van der Waals surface area contributed by atoms with E-state index in [0.717, 1.165) is 5.56 Å².